The summed E-state index contributed by atoms with van der Waals surface area (Å²) in [7, 11) is 0. The van der Waals surface area contributed by atoms with Crippen LogP contribution in [0, 0.1) is 18.8 Å². The van der Waals surface area contributed by atoms with Gasteiger partial charge in [0.05, 0.1) is 0 Å². The zero-order valence-corrected chi connectivity index (χ0v) is 16.2. The summed E-state index contributed by atoms with van der Waals surface area (Å²) in [5.74, 6) is 0.791. The number of anilines is 2. The summed E-state index contributed by atoms with van der Waals surface area (Å²) in [6.07, 6.45) is 1.15. The molecule has 2 amide bonds. The van der Waals surface area contributed by atoms with Crippen LogP contribution in [0.3, 0.4) is 0 Å². The fraction of sp³-hybridized carbons (Fsp3) is 0.364. The van der Waals surface area contributed by atoms with Gasteiger partial charge in [-0.3, -0.25) is 9.59 Å². The minimum Gasteiger partial charge on any atom is -0.399 e. The molecule has 0 radical (unpaired) electrons. The van der Waals surface area contributed by atoms with E-state index in [4.69, 9.17) is 5.73 Å². The highest BCUT2D eigenvalue weighted by atomic mass is 16.2. The van der Waals surface area contributed by atoms with E-state index in [1.54, 1.807) is 30.3 Å². The van der Waals surface area contributed by atoms with Crippen LogP contribution in [0.2, 0.25) is 0 Å². The first-order chi connectivity index (χ1) is 12.8. The Balaban J connectivity index is 1.79. The largest absolute Gasteiger partial charge is 0.399 e. The van der Waals surface area contributed by atoms with Gasteiger partial charge in [-0.2, -0.15) is 0 Å². The SMILES string of the molecule is Cc1ccc(C(=O)N2CC(C)CC(C)C2)cc1NC(=O)c1cccc(N)c1. The average Bonchev–Trinajstić information content (AvgIpc) is 2.62. The number of benzene rings is 2. The van der Waals surface area contributed by atoms with Gasteiger partial charge >= 0.3 is 0 Å². The van der Waals surface area contributed by atoms with Gasteiger partial charge < -0.3 is 16.0 Å². The van der Waals surface area contributed by atoms with E-state index in [2.05, 4.69) is 19.2 Å². The van der Waals surface area contributed by atoms with Gasteiger partial charge in [0.1, 0.15) is 0 Å². The second kappa shape index (κ2) is 7.82. The van der Waals surface area contributed by atoms with Gasteiger partial charge in [-0.25, -0.2) is 0 Å². The molecule has 0 aromatic heterocycles. The van der Waals surface area contributed by atoms with Gasteiger partial charge in [0.2, 0.25) is 0 Å². The highest BCUT2D eigenvalue weighted by molar-refractivity contribution is 6.06. The maximum atomic E-state index is 13.0. The number of rotatable bonds is 3. The lowest BCUT2D eigenvalue weighted by molar-refractivity contribution is 0.0623. The smallest absolute Gasteiger partial charge is 0.255 e. The Hall–Kier alpha value is -2.82. The molecule has 3 N–H and O–H groups in total. The second-order valence-electron chi connectivity index (χ2n) is 7.77. The molecule has 2 atom stereocenters. The van der Waals surface area contributed by atoms with Crippen molar-refractivity contribution in [1.82, 2.24) is 4.90 Å². The molecule has 1 saturated heterocycles. The van der Waals surface area contributed by atoms with Crippen molar-refractivity contribution in [3.8, 4) is 0 Å². The molecule has 2 unspecified atom stereocenters. The van der Waals surface area contributed by atoms with Crippen LogP contribution in [-0.2, 0) is 0 Å². The number of piperidine rings is 1. The second-order valence-corrected chi connectivity index (χ2v) is 7.77. The molecule has 1 aliphatic heterocycles. The Morgan fingerprint density at radius 2 is 1.74 bits per heavy atom. The first kappa shape index (κ1) is 19.0. The Morgan fingerprint density at radius 1 is 1.04 bits per heavy atom. The molecule has 0 bridgehead atoms. The molecule has 1 aliphatic rings. The normalized spacial score (nSPS) is 19.6. The molecule has 0 aliphatic carbocycles. The molecule has 2 aromatic rings. The van der Waals surface area contributed by atoms with Gasteiger partial charge in [-0.1, -0.05) is 26.0 Å². The number of aryl methyl sites for hydroxylation is 1. The van der Waals surface area contributed by atoms with Crippen LogP contribution in [-0.4, -0.2) is 29.8 Å². The highest BCUT2D eigenvalue weighted by Gasteiger charge is 2.26. The summed E-state index contributed by atoms with van der Waals surface area (Å²) in [5.41, 5.74) is 8.94. The number of nitrogen functional groups attached to an aromatic ring is 1. The average molecular weight is 365 g/mol. The third-order valence-corrected chi connectivity index (χ3v) is 5.04. The first-order valence-corrected chi connectivity index (χ1v) is 9.40. The molecular weight excluding hydrogens is 338 g/mol. The predicted molar refractivity (Wildman–Crippen MR) is 109 cm³/mol. The van der Waals surface area contributed by atoms with Crippen molar-refractivity contribution in [2.24, 2.45) is 11.8 Å². The monoisotopic (exact) mass is 365 g/mol. The Kier molecular flexibility index (Phi) is 5.49. The summed E-state index contributed by atoms with van der Waals surface area (Å²) in [6.45, 7) is 7.84. The van der Waals surface area contributed by atoms with E-state index in [9.17, 15) is 9.59 Å². The third kappa shape index (κ3) is 4.48. The van der Waals surface area contributed by atoms with Crippen molar-refractivity contribution in [3.63, 3.8) is 0 Å². The van der Waals surface area contributed by atoms with Crippen molar-refractivity contribution < 1.29 is 9.59 Å². The number of likely N-dealkylation sites (tertiary alicyclic amines) is 1. The fourth-order valence-electron chi connectivity index (χ4n) is 3.78. The van der Waals surface area contributed by atoms with Crippen molar-refractivity contribution in [2.45, 2.75) is 27.2 Å². The van der Waals surface area contributed by atoms with E-state index in [0.29, 0.717) is 34.3 Å². The summed E-state index contributed by atoms with van der Waals surface area (Å²) in [4.78, 5) is 27.4. The van der Waals surface area contributed by atoms with E-state index in [1.165, 1.54) is 0 Å². The van der Waals surface area contributed by atoms with Crippen LogP contribution in [0.5, 0.6) is 0 Å². The van der Waals surface area contributed by atoms with Crippen LogP contribution in [0.1, 0.15) is 46.5 Å². The third-order valence-electron chi connectivity index (χ3n) is 5.04. The number of nitrogens with zero attached hydrogens (tertiary/aromatic N) is 1. The number of hydrogen-bond donors (Lipinski definition) is 2. The quantitative estimate of drug-likeness (QED) is 0.809. The zero-order chi connectivity index (χ0) is 19.6. The Bertz CT molecular complexity index is 852. The maximum Gasteiger partial charge on any atom is 0.255 e. The highest BCUT2D eigenvalue weighted by Crippen LogP contribution is 2.24. The van der Waals surface area contributed by atoms with Gasteiger partial charge in [0, 0.05) is 35.6 Å². The number of carbonyl (C=O) groups excluding carboxylic acids is 2. The molecule has 0 saturated carbocycles. The van der Waals surface area contributed by atoms with Gasteiger partial charge in [0.15, 0.2) is 0 Å². The van der Waals surface area contributed by atoms with E-state index in [0.717, 1.165) is 25.1 Å². The summed E-state index contributed by atoms with van der Waals surface area (Å²) in [6, 6.07) is 12.3. The minimum atomic E-state index is -0.241. The lowest BCUT2D eigenvalue weighted by Gasteiger charge is -2.35. The van der Waals surface area contributed by atoms with Crippen molar-refractivity contribution in [1.29, 1.82) is 0 Å². The lowest BCUT2D eigenvalue weighted by Crippen LogP contribution is -2.42. The Morgan fingerprint density at radius 3 is 2.41 bits per heavy atom. The number of nitrogens with one attached hydrogen (secondary N) is 1. The topological polar surface area (TPSA) is 75.4 Å². The van der Waals surface area contributed by atoms with Crippen LogP contribution in [0.4, 0.5) is 11.4 Å². The molecular formula is C22H27N3O2. The standard InChI is InChI=1S/C22H27N3O2/c1-14-9-15(2)13-25(12-14)22(27)18-8-7-16(3)20(11-18)24-21(26)17-5-4-6-19(23)10-17/h4-8,10-11,14-15H,9,12-13,23H2,1-3H3,(H,24,26). The molecule has 1 heterocycles. The molecule has 5 heteroatoms. The van der Waals surface area contributed by atoms with E-state index in [-0.39, 0.29) is 11.8 Å². The molecule has 2 aromatic carbocycles. The van der Waals surface area contributed by atoms with Crippen molar-refractivity contribution in [3.05, 3.63) is 59.2 Å². The predicted octanol–water partition coefficient (Wildman–Crippen LogP) is 3.95. The van der Waals surface area contributed by atoms with Crippen LogP contribution in [0.25, 0.3) is 0 Å². The molecule has 5 nitrogen and oxygen atoms in total. The van der Waals surface area contributed by atoms with E-state index in [1.807, 2.05) is 24.0 Å². The van der Waals surface area contributed by atoms with E-state index >= 15 is 0 Å². The maximum absolute atomic E-state index is 13.0. The Labute approximate surface area is 160 Å². The lowest BCUT2D eigenvalue weighted by atomic mass is 9.91. The van der Waals surface area contributed by atoms with Gasteiger partial charge in [0.25, 0.3) is 11.8 Å². The van der Waals surface area contributed by atoms with E-state index < -0.39 is 0 Å². The summed E-state index contributed by atoms with van der Waals surface area (Å²) < 4.78 is 0. The molecule has 27 heavy (non-hydrogen) atoms. The number of amides is 2. The summed E-state index contributed by atoms with van der Waals surface area (Å²) >= 11 is 0. The molecule has 142 valence electrons. The number of carbonyl (C=O) groups is 2. The van der Waals surface area contributed by atoms with Gasteiger partial charge in [-0.15, -0.1) is 0 Å². The summed E-state index contributed by atoms with van der Waals surface area (Å²) in [5, 5.41) is 2.90. The fourth-order valence-corrected chi connectivity index (χ4v) is 3.78. The number of nitrogens with two attached hydrogens (primary N) is 1. The minimum absolute atomic E-state index is 0.0212. The molecule has 0 spiro atoms. The van der Waals surface area contributed by atoms with Crippen LogP contribution in [0.15, 0.2) is 42.5 Å². The van der Waals surface area contributed by atoms with Crippen molar-refractivity contribution >= 4 is 23.2 Å². The molecule has 1 fully saturated rings. The van der Waals surface area contributed by atoms with Crippen LogP contribution < -0.4 is 11.1 Å². The number of hydrogen-bond acceptors (Lipinski definition) is 3. The van der Waals surface area contributed by atoms with Gasteiger partial charge in [-0.05, 0) is 61.1 Å². The zero-order valence-electron chi connectivity index (χ0n) is 16.2. The first-order valence-electron chi connectivity index (χ1n) is 9.40. The van der Waals surface area contributed by atoms with Crippen LogP contribution >= 0.6 is 0 Å². The molecule has 3 rings (SSSR count). The van der Waals surface area contributed by atoms with Crippen molar-refractivity contribution in [2.75, 3.05) is 24.1 Å².